The van der Waals surface area contributed by atoms with Crippen LogP contribution in [-0.4, -0.2) is 64.8 Å². The molecule has 2 aliphatic rings. The maximum absolute atomic E-state index is 13.3. The molecule has 1 saturated carbocycles. The van der Waals surface area contributed by atoms with Crippen molar-refractivity contribution in [3.63, 3.8) is 0 Å². The molecule has 0 bridgehead atoms. The number of ether oxygens (including phenoxy) is 2. The van der Waals surface area contributed by atoms with Crippen LogP contribution in [0.4, 0.5) is 4.79 Å². The second-order valence-corrected chi connectivity index (χ2v) is 9.13. The van der Waals surface area contributed by atoms with Gasteiger partial charge in [-0.15, -0.1) is 0 Å². The maximum Gasteiger partial charge on any atom is 0.414 e. The number of carboxylic acids is 1. The Hall–Kier alpha value is -2.16. The van der Waals surface area contributed by atoms with Gasteiger partial charge in [-0.05, 0) is 52.4 Å². The Bertz CT molecular complexity index is 695. The summed E-state index contributed by atoms with van der Waals surface area (Å²) in [7, 11) is 1.56. The molecule has 9 nitrogen and oxygen atoms in total. The van der Waals surface area contributed by atoms with Gasteiger partial charge in [0, 0.05) is 19.8 Å². The Morgan fingerprint density at radius 1 is 1.33 bits per heavy atom. The highest BCUT2D eigenvalue weighted by atomic mass is 16.6. The molecule has 0 spiro atoms. The number of guanidine groups is 1. The van der Waals surface area contributed by atoms with Crippen molar-refractivity contribution in [3.05, 3.63) is 0 Å². The lowest BCUT2D eigenvalue weighted by Crippen LogP contribution is -2.59. The Kier molecular flexibility index (Phi) is 7.49. The van der Waals surface area contributed by atoms with E-state index in [1.807, 2.05) is 13.8 Å². The average Bonchev–Trinajstić information content (AvgIpc) is 3.42. The zero-order valence-corrected chi connectivity index (χ0v) is 18.9. The number of alkyl carbamates (subject to hydrolysis) is 1. The van der Waals surface area contributed by atoms with Gasteiger partial charge in [-0.2, -0.15) is 0 Å². The van der Waals surface area contributed by atoms with Crippen LogP contribution in [0.5, 0.6) is 0 Å². The summed E-state index contributed by atoms with van der Waals surface area (Å²) < 4.78 is 10.6. The van der Waals surface area contributed by atoms with Crippen molar-refractivity contribution in [2.75, 3.05) is 13.7 Å². The molecule has 0 saturated heterocycles. The van der Waals surface area contributed by atoms with Crippen molar-refractivity contribution in [3.8, 4) is 0 Å². The van der Waals surface area contributed by atoms with Crippen molar-refractivity contribution in [2.45, 2.75) is 83.9 Å². The van der Waals surface area contributed by atoms with E-state index < -0.39 is 35.2 Å². The number of hydrogen-bond acceptors (Lipinski definition) is 6. The molecule has 0 aromatic rings. The van der Waals surface area contributed by atoms with Crippen LogP contribution in [0.3, 0.4) is 0 Å². The number of nitrogens with one attached hydrogen (secondary N) is 1. The molecule has 1 aliphatic heterocycles. The molecule has 30 heavy (non-hydrogen) atoms. The van der Waals surface area contributed by atoms with Gasteiger partial charge in [-0.3, -0.25) is 19.8 Å². The van der Waals surface area contributed by atoms with Crippen molar-refractivity contribution in [2.24, 2.45) is 16.8 Å². The average molecular weight is 426 g/mol. The fourth-order valence-electron chi connectivity index (χ4n) is 3.98. The monoisotopic (exact) mass is 425 g/mol. The van der Waals surface area contributed by atoms with Crippen molar-refractivity contribution in [1.82, 2.24) is 10.2 Å². The number of carbonyl (C=O) groups excluding carboxylic acids is 2. The summed E-state index contributed by atoms with van der Waals surface area (Å²) in [5, 5.41) is 12.1. The second kappa shape index (κ2) is 9.32. The lowest BCUT2D eigenvalue weighted by atomic mass is 9.87. The van der Waals surface area contributed by atoms with Crippen molar-refractivity contribution >= 4 is 23.9 Å². The molecular weight excluding hydrogens is 390 g/mol. The third kappa shape index (κ3) is 5.71. The van der Waals surface area contributed by atoms with E-state index in [9.17, 15) is 19.5 Å². The van der Waals surface area contributed by atoms with Gasteiger partial charge in [0.2, 0.25) is 11.9 Å². The van der Waals surface area contributed by atoms with Crippen LogP contribution in [0.25, 0.3) is 0 Å². The third-order valence-corrected chi connectivity index (χ3v) is 5.85. The largest absolute Gasteiger partial charge is 0.481 e. The van der Waals surface area contributed by atoms with Crippen LogP contribution in [0, 0.1) is 11.8 Å². The number of methoxy groups -OCH3 is 1. The predicted molar refractivity (Wildman–Crippen MR) is 111 cm³/mol. The molecule has 1 fully saturated rings. The van der Waals surface area contributed by atoms with Gasteiger partial charge in [0.05, 0.1) is 17.9 Å². The minimum Gasteiger partial charge on any atom is -0.481 e. The summed E-state index contributed by atoms with van der Waals surface area (Å²) in [6.45, 7) is 9.55. The van der Waals surface area contributed by atoms with Crippen LogP contribution < -0.4 is 5.32 Å². The fourth-order valence-corrected chi connectivity index (χ4v) is 3.98. The summed E-state index contributed by atoms with van der Waals surface area (Å²) in [5.74, 6) is -1.62. The lowest BCUT2D eigenvalue weighted by Gasteiger charge is -2.41. The van der Waals surface area contributed by atoms with Gasteiger partial charge in [-0.1, -0.05) is 13.8 Å². The number of rotatable bonds is 8. The van der Waals surface area contributed by atoms with Gasteiger partial charge < -0.3 is 14.6 Å². The lowest BCUT2D eigenvalue weighted by molar-refractivity contribution is -0.140. The van der Waals surface area contributed by atoms with E-state index in [1.165, 1.54) is 4.90 Å². The standard InChI is InChI=1S/C21H35N3O6/c1-7-21(8-2)12-16(25)24(18(23-21)22-19(28)30-20(3,4)5)15(9-10-29-6)13-11-14(13)17(26)27/h13-15H,7-12H2,1-6H3,(H,26,27)(H,22,23,28)/t13-,14-,15?/m1/s1. The molecule has 3 atom stereocenters. The molecule has 0 aromatic carbocycles. The summed E-state index contributed by atoms with van der Waals surface area (Å²) in [6, 6.07) is -0.418. The topological polar surface area (TPSA) is 118 Å². The quantitative estimate of drug-likeness (QED) is 0.617. The molecule has 1 unspecified atom stereocenters. The van der Waals surface area contributed by atoms with E-state index in [1.54, 1.807) is 27.9 Å². The first-order valence-corrected chi connectivity index (χ1v) is 10.6. The van der Waals surface area contributed by atoms with Crippen molar-refractivity contribution in [1.29, 1.82) is 0 Å². The number of amides is 2. The van der Waals surface area contributed by atoms with E-state index in [-0.39, 0.29) is 24.2 Å². The molecule has 2 N–H and O–H groups in total. The summed E-state index contributed by atoms with van der Waals surface area (Å²) in [4.78, 5) is 43.5. The van der Waals surface area contributed by atoms with Crippen LogP contribution in [0.15, 0.2) is 4.99 Å². The Labute approximate surface area is 178 Å². The second-order valence-electron chi connectivity index (χ2n) is 9.13. The first kappa shape index (κ1) is 24.1. The zero-order chi connectivity index (χ0) is 22.7. The smallest absolute Gasteiger partial charge is 0.414 e. The number of carbonyl (C=O) groups is 3. The molecule has 0 aromatic heterocycles. The third-order valence-electron chi connectivity index (χ3n) is 5.85. The summed E-state index contributed by atoms with van der Waals surface area (Å²) in [5.41, 5.74) is -1.30. The highest BCUT2D eigenvalue weighted by molar-refractivity contribution is 6.05. The molecule has 0 radical (unpaired) electrons. The molecule has 170 valence electrons. The number of hydrogen-bond donors (Lipinski definition) is 2. The molecular formula is C21H35N3O6. The molecule has 1 heterocycles. The SMILES string of the molecule is CCC1(CC)CC(=O)N(C(CCOC)[C@@H]2C[C@H]2C(=O)O)C(NC(=O)OC(C)(C)C)=N1. The number of nitrogens with zero attached hydrogens (tertiary/aromatic N) is 2. The Morgan fingerprint density at radius 3 is 2.43 bits per heavy atom. The highest BCUT2D eigenvalue weighted by Crippen LogP contribution is 2.45. The number of carboxylic acid groups (broad SMARTS) is 1. The first-order chi connectivity index (χ1) is 14.0. The van der Waals surface area contributed by atoms with Crippen LogP contribution in [0.1, 0.15) is 66.7 Å². The van der Waals surface area contributed by atoms with E-state index in [0.29, 0.717) is 32.3 Å². The molecule has 9 heteroatoms. The summed E-state index contributed by atoms with van der Waals surface area (Å²) >= 11 is 0. The van der Waals surface area contributed by atoms with Gasteiger partial charge in [-0.25, -0.2) is 9.79 Å². The number of aliphatic imine (C=N–C) groups is 1. The van der Waals surface area contributed by atoms with Crippen molar-refractivity contribution < 1.29 is 29.0 Å². The Morgan fingerprint density at radius 2 is 1.97 bits per heavy atom. The number of aliphatic carboxylic acids is 1. The van der Waals surface area contributed by atoms with E-state index in [0.717, 1.165) is 0 Å². The minimum atomic E-state index is -0.873. The minimum absolute atomic E-state index is 0.140. The van der Waals surface area contributed by atoms with Crippen LogP contribution >= 0.6 is 0 Å². The molecule has 2 amide bonds. The normalized spacial score (nSPS) is 24.1. The van der Waals surface area contributed by atoms with Gasteiger partial charge in [0.15, 0.2) is 0 Å². The maximum atomic E-state index is 13.3. The molecule has 1 aliphatic carbocycles. The van der Waals surface area contributed by atoms with Crippen LogP contribution in [0.2, 0.25) is 0 Å². The van der Waals surface area contributed by atoms with E-state index >= 15 is 0 Å². The zero-order valence-electron chi connectivity index (χ0n) is 18.9. The van der Waals surface area contributed by atoms with Gasteiger partial charge >= 0.3 is 12.1 Å². The van der Waals surface area contributed by atoms with E-state index in [2.05, 4.69) is 5.32 Å². The fraction of sp³-hybridized carbons (Fsp3) is 0.810. The van der Waals surface area contributed by atoms with Gasteiger partial charge in [0.25, 0.3) is 0 Å². The van der Waals surface area contributed by atoms with E-state index in [4.69, 9.17) is 14.5 Å². The predicted octanol–water partition coefficient (Wildman–Crippen LogP) is 2.78. The van der Waals surface area contributed by atoms with Gasteiger partial charge in [0.1, 0.15) is 5.60 Å². The first-order valence-electron chi connectivity index (χ1n) is 10.6. The van der Waals surface area contributed by atoms with Crippen LogP contribution in [-0.2, 0) is 19.1 Å². The highest BCUT2D eigenvalue weighted by Gasteiger charge is 2.53. The molecule has 2 rings (SSSR count). The Balaban J connectivity index is 2.39. The summed E-state index contributed by atoms with van der Waals surface area (Å²) in [6.07, 6.45) is 1.75.